The van der Waals surface area contributed by atoms with Gasteiger partial charge in [0, 0.05) is 17.6 Å². The topological polar surface area (TPSA) is 55.6 Å². The summed E-state index contributed by atoms with van der Waals surface area (Å²) >= 11 is 7.47. The van der Waals surface area contributed by atoms with E-state index in [4.69, 9.17) is 11.6 Å². The quantitative estimate of drug-likeness (QED) is 0.803. The molecule has 0 unspecified atom stereocenters. The van der Waals surface area contributed by atoms with Gasteiger partial charge in [-0.1, -0.05) is 11.6 Å². The lowest BCUT2D eigenvalue weighted by atomic mass is 10.3. The van der Waals surface area contributed by atoms with Crippen molar-refractivity contribution in [3.8, 4) is 5.82 Å². The third-order valence-corrected chi connectivity index (χ3v) is 3.74. The van der Waals surface area contributed by atoms with Crippen LogP contribution in [0.5, 0.6) is 0 Å². The summed E-state index contributed by atoms with van der Waals surface area (Å²) in [6.45, 7) is 0.699. The molecule has 3 rings (SSSR count). The van der Waals surface area contributed by atoms with Crippen LogP contribution < -0.4 is 5.32 Å². The van der Waals surface area contributed by atoms with Gasteiger partial charge in [-0.15, -0.1) is 11.3 Å². The summed E-state index contributed by atoms with van der Waals surface area (Å²) in [5.74, 6) is 0.725. The average molecular weight is 292 g/mol. The Kier molecular flexibility index (Phi) is 3.43. The Labute approximate surface area is 118 Å². The zero-order valence-electron chi connectivity index (χ0n) is 9.82. The third kappa shape index (κ3) is 2.74. The van der Waals surface area contributed by atoms with Crippen molar-refractivity contribution < 1.29 is 0 Å². The summed E-state index contributed by atoms with van der Waals surface area (Å²) in [6, 6.07) is 7.74. The number of nitrogens with zero attached hydrogens (tertiary/aromatic N) is 4. The SMILES string of the molecule is Clc1ccc(CNc2cccnc2-n2cncn2)s1. The van der Waals surface area contributed by atoms with E-state index >= 15 is 0 Å². The fourth-order valence-corrected chi connectivity index (χ4v) is 2.69. The van der Waals surface area contributed by atoms with E-state index < -0.39 is 0 Å². The Morgan fingerprint density at radius 3 is 3.00 bits per heavy atom. The minimum atomic E-state index is 0.699. The van der Waals surface area contributed by atoms with E-state index in [1.165, 1.54) is 11.2 Å². The molecule has 0 amide bonds. The first kappa shape index (κ1) is 12.1. The minimum absolute atomic E-state index is 0.699. The highest BCUT2D eigenvalue weighted by atomic mass is 35.5. The standard InChI is InChI=1S/C12H10ClN5S/c13-11-4-3-9(19-11)6-16-10-2-1-5-15-12(10)18-8-14-7-17-18/h1-5,7-8,16H,6H2. The molecule has 0 aliphatic carbocycles. The Hall–Kier alpha value is -1.92. The molecule has 19 heavy (non-hydrogen) atoms. The van der Waals surface area contributed by atoms with Crippen molar-refractivity contribution in [2.75, 3.05) is 5.32 Å². The Morgan fingerprint density at radius 2 is 2.26 bits per heavy atom. The maximum Gasteiger partial charge on any atom is 0.178 e. The van der Waals surface area contributed by atoms with Crippen LogP contribution in [-0.4, -0.2) is 19.7 Å². The number of hydrogen-bond donors (Lipinski definition) is 1. The number of halogens is 1. The number of pyridine rings is 1. The van der Waals surface area contributed by atoms with Crippen molar-refractivity contribution in [3.05, 3.63) is 52.3 Å². The highest BCUT2D eigenvalue weighted by Gasteiger charge is 2.06. The molecule has 0 atom stereocenters. The van der Waals surface area contributed by atoms with E-state index in [9.17, 15) is 0 Å². The van der Waals surface area contributed by atoms with Gasteiger partial charge in [0.05, 0.1) is 10.0 Å². The Morgan fingerprint density at radius 1 is 1.32 bits per heavy atom. The van der Waals surface area contributed by atoms with Crippen molar-refractivity contribution >= 4 is 28.6 Å². The number of nitrogens with one attached hydrogen (secondary N) is 1. The van der Waals surface area contributed by atoms with E-state index in [2.05, 4.69) is 20.4 Å². The number of anilines is 1. The van der Waals surface area contributed by atoms with E-state index in [1.807, 2.05) is 24.3 Å². The molecule has 0 aromatic carbocycles. The van der Waals surface area contributed by atoms with Gasteiger partial charge in [0.1, 0.15) is 12.7 Å². The van der Waals surface area contributed by atoms with Crippen molar-refractivity contribution in [2.24, 2.45) is 0 Å². The number of aromatic nitrogens is 4. The second-order valence-electron chi connectivity index (χ2n) is 3.77. The molecule has 0 saturated carbocycles. The first-order valence-electron chi connectivity index (χ1n) is 5.61. The lowest BCUT2D eigenvalue weighted by Crippen LogP contribution is -2.05. The molecule has 96 valence electrons. The number of hydrogen-bond acceptors (Lipinski definition) is 5. The van der Waals surface area contributed by atoms with Gasteiger partial charge >= 0.3 is 0 Å². The van der Waals surface area contributed by atoms with Gasteiger partial charge in [0.15, 0.2) is 5.82 Å². The number of thiophene rings is 1. The van der Waals surface area contributed by atoms with Crippen LogP contribution in [0.1, 0.15) is 4.88 Å². The molecule has 0 aliphatic heterocycles. The molecule has 0 saturated heterocycles. The molecule has 0 fully saturated rings. The van der Waals surface area contributed by atoms with E-state index in [1.54, 1.807) is 28.5 Å². The highest BCUT2D eigenvalue weighted by Crippen LogP contribution is 2.23. The third-order valence-electron chi connectivity index (χ3n) is 2.50. The molecule has 3 aromatic heterocycles. The number of rotatable bonds is 4. The van der Waals surface area contributed by atoms with Crippen molar-refractivity contribution in [1.82, 2.24) is 19.7 Å². The molecule has 7 heteroatoms. The zero-order valence-corrected chi connectivity index (χ0v) is 11.4. The van der Waals surface area contributed by atoms with Crippen molar-refractivity contribution in [2.45, 2.75) is 6.54 Å². The largest absolute Gasteiger partial charge is 0.377 e. The van der Waals surface area contributed by atoms with Gasteiger partial charge in [-0.25, -0.2) is 14.6 Å². The van der Waals surface area contributed by atoms with Crippen LogP contribution in [0.4, 0.5) is 5.69 Å². The summed E-state index contributed by atoms with van der Waals surface area (Å²) in [5.41, 5.74) is 0.900. The monoisotopic (exact) mass is 291 g/mol. The molecular formula is C12H10ClN5S. The molecule has 0 radical (unpaired) electrons. The molecule has 0 spiro atoms. The first-order chi connectivity index (χ1) is 9.33. The lowest BCUT2D eigenvalue weighted by molar-refractivity contribution is 0.845. The fourth-order valence-electron chi connectivity index (χ4n) is 1.66. The van der Waals surface area contributed by atoms with Crippen molar-refractivity contribution in [3.63, 3.8) is 0 Å². The molecule has 0 aliphatic rings. The second kappa shape index (κ2) is 5.38. The predicted octanol–water partition coefficient (Wildman–Crippen LogP) is 2.99. The molecule has 5 nitrogen and oxygen atoms in total. The maximum absolute atomic E-state index is 5.91. The lowest BCUT2D eigenvalue weighted by Gasteiger charge is -2.09. The summed E-state index contributed by atoms with van der Waals surface area (Å²) < 4.78 is 2.42. The van der Waals surface area contributed by atoms with Crippen LogP contribution in [0, 0.1) is 0 Å². The van der Waals surface area contributed by atoms with Crippen LogP contribution >= 0.6 is 22.9 Å². The van der Waals surface area contributed by atoms with E-state index in [0.29, 0.717) is 6.54 Å². The van der Waals surface area contributed by atoms with Crippen LogP contribution in [0.15, 0.2) is 43.1 Å². The summed E-state index contributed by atoms with van der Waals surface area (Å²) in [7, 11) is 0. The summed E-state index contributed by atoms with van der Waals surface area (Å²) in [6.07, 6.45) is 4.83. The first-order valence-corrected chi connectivity index (χ1v) is 6.80. The van der Waals surface area contributed by atoms with Crippen LogP contribution in [0.2, 0.25) is 4.34 Å². The predicted molar refractivity (Wildman–Crippen MR) is 75.8 cm³/mol. The Bertz CT molecular complexity index is 664. The smallest absolute Gasteiger partial charge is 0.178 e. The molecule has 1 N–H and O–H groups in total. The van der Waals surface area contributed by atoms with Crippen LogP contribution in [-0.2, 0) is 6.54 Å². The van der Waals surface area contributed by atoms with Gasteiger partial charge < -0.3 is 5.32 Å². The zero-order chi connectivity index (χ0) is 13.1. The fraction of sp³-hybridized carbons (Fsp3) is 0.0833. The van der Waals surface area contributed by atoms with E-state index in [0.717, 1.165) is 15.8 Å². The van der Waals surface area contributed by atoms with Crippen molar-refractivity contribution in [1.29, 1.82) is 0 Å². The maximum atomic E-state index is 5.91. The minimum Gasteiger partial charge on any atom is -0.377 e. The van der Waals surface area contributed by atoms with E-state index in [-0.39, 0.29) is 0 Å². The average Bonchev–Trinajstić information content (AvgIpc) is 3.08. The summed E-state index contributed by atoms with van der Waals surface area (Å²) in [5, 5.41) is 7.42. The second-order valence-corrected chi connectivity index (χ2v) is 5.57. The van der Waals surface area contributed by atoms with Gasteiger partial charge in [-0.05, 0) is 24.3 Å². The molecular weight excluding hydrogens is 282 g/mol. The van der Waals surface area contributed by atoms with Gasteiger partial charge in [-0.3, -0.25) is 0 Å². The van der Waals surface area contributed by atoms with Gasteiger partial charge in [-0.2, -0.15) is 5.10 Å². The van der Waals surface area contributed by atoms with Gasteiger partial charge in [0.25, 0.3) is 0 Å². The normalized spacial score (nSPS) is 10.6. The van der Waals surface area contributed by atoms with Gasteiger partial charge in [0.2, 0.25) is 0 Å². The van der Waals surface area contributed by atoms with Crippen LogP contribution in [0.3, 0.4) is 0 Å². The summed E-state index contributed by atoms with van der Waals surface area (Å²) in [4.78, 5) is 9.41. The van der Waals surface area contributed by atoms with Crippen LogP contribution in [0.25, 0.3) is 5.82 Å². The molecule has 3 heterocycles. The highest BCUT2D eigenvalue weighted by molar-refractivity contribution is 7.16. The molecule has 3 aromatic rings. The molecule has 0 bridgehead atoms. The Balaban J connectivity index is 1.81.